The Labute approximate surface area is 133 Å². The van der Waals surface area contributed by atoms with E-state index in [9.17, 15) is 0 Å². The van der Waals surface area contributed by atoms with E-state index in [2.05, 4.69) is 23.8 Å². The van der Waals surface area contributed by atoms with E-state index < -0.39 is 0 Å². The molecule has 20 heavy (non-hydrogen) atoms. The van der Waals surface area contributed by atoms with Gasteiger partial charge in [0.05, 0.1) is 10.8 Å². The van der Waals surface area contributed by atoms with E-state index in [0.717, 1.165) is 27.9 Å². The number of aromatic nitrogens is 2. The number of benzene rings is 1. The summed E-state index contributed by atoms with van der Waals surface area (Å²) in [5.41, 5.74) is 0.995. The summed E-state index contributed by atoms with van der Waals surface area (Å²) in [7, 11) is 0. The minimum Gasteiger partial charge on any atom is -0.237 e. The molecule has 2 rings (SSSR count). The molecular formula is C15H16Cl2N2S. The van der Waals surface area contributed by atoms with Crippen LogP contribution in [0.15, 0.2) is 35.2 Å². The molecule has 0 atom stereocenters. The van der Waals surface area contributed by atoms with Gasteiger partial charge in [0.25, 0.3) is 0 Å². The Hall–Kier alpha value is -0.770. The van der Waals surface area contributed by atoms with Crippen LogP contribution in [-0.2, 0) is 12.2 Å². The molecule has 106 valence electrons. The van der Waals surface area contributed by atoms with Crippen LogP contribution in [0.4, 0.5) is 0 Å². The van der Waals surface area contributed by atoms with E-state index in [4.69, 9.17) is 23.2 Å². The molecule has 1 heterocycles. The number of rotatable bonds is 5. The Bertz CT molecular complexity index is 588. The zero-order valence-corrected chi connectivity index (χ0v) is 13.8. The molecule has 0 bridgehead atoms. The number of hydrogen-bond acceptors (Lipinski definition) is 3. The molecule has 1 aromatic carbocycles. The molecule has 0 spiro atoms. The lowest BCUT2D eigenvalue weighted by Gasteiger charge is -2.07. The third-order valence-corrected chi connectivity index (χ3v) is 4.31. The van der Waals surface area contributed by atoms with E-state index in [1.807, 2.05) is 30.3 Å². The summed E-state index contributed by atoms with van der Waals surface area (Å²) in [5.74, 6) is 1.96. The minimum atomic E-state index is 0.505. The molecule has 0 aliphatic heterocycles. The highest BCUT2D eigenvalue weighted by molar-refractivity contribution is 7.98. The maximum atomic E-state index is 6.13. The monoisotopic (exact) mass is 326 g/mol. The van der Waals surface area contributed by atoms with Crippen LogP contribution in [0.3, 0.4) is 0 Å². The van der Waals surface area contributed by atoms with Gasteiger partial charge in [0, 0.05) is 10.6 Å². The molecule has 2 nitrogen and oxygen atoms in total. The fourth-order valence-corrected chi connectivity index (χ4v) is 3.12. The fraction of sp³-hybridized carbons (Fsp3) is 0.333. The lowest BCUT2D eigenvalue weighted by molar-refractivity contribution is 0.632. The minimum absolute atomic E-state index is 0.505. The van der Waals surface area contributed by atoms with Crippen molar-refractivity contribution in [3.8, 4) is 0 Å². The van der Waals surface area contributed by atoms with E-state index in [0.29, 0.717) is 16.8 Å². The van der Waals surface area contributed by atoms with Gasteiger partial charge in [-0.2, -0.15) is 0 Å². The second-order valence-electron chi connectivity index (χ2n) is 4.92. The van der Waals surface area contributed by atoms with Gasteiger partial charge in [-0.15, -0.1) is 11.8 Å². The Morgan fingerprint density at radius 1 is 1.15 bits per heavy atom. The van der Waals surface area contributed by atoms with Gasteiger partial charge in [0.15, 0.2) is 0 Å². The molecule has 5 heteroatoms. The highest BCUT2D eigenvalue weighted by Crippen LogP contribution is 2.28. The predicted octanol–water partition coefficient (Wildman–Crippen LogP) is 5.27. The third kappa shape index (κ3) is 4.65. The van der Waals surface area contributed by atoms with Crippen molar-refractivity contribution in [3.05, 3.63) is 52.0 Å². The summed E-state index contributed by atoms with van der Waals surface area (Å²) < 4.78 is 0. The topological polar surface area (TPSA) is 25.8 Å². The maximum absolute atomic E-state index is 6.13. The molecule has 0 fully saturated rings. The molecule has 0 aliphatic rings. The molecule has 1 aromatic heterocycles. The first kappa shape index (κ1) is 15.6. The van der Waals surface area contributed by atoms with Crippen molar-refractivity contribution in [2.45, 2.75) is 30.9 Å². The van der Waals surface area contributed by atoms with Crippen LogP contribution in [0.25, 0.3) is 0 Å². The van der Waals surface area contributed by atoms with Crippen LogP contribution in [0.2, 0.25) is 10.2 Å². The van der Waals surface area contributed by atoms with Gasteiger partial charge in [-0.1, -0.05) is 49.2 Å². The summed E-state index contributed by atoms with van der Waals surface area (Å²) in [6, 6.07) is 9.60. The lowest BCUT2D eigenvalue weighted by Crippen LogP contribution is -2.02. The van der Waals surface area contributed by atoms with Crippen molar-refractivity contribution in [2.75, 3.05) is 0 Å². The van der Waals surface area contributed by atoms with Gasteiger partial charge >= 0.3 is 0 Å². The van der Waals surface area contributed by atoms with Crippen molar-refractivity contribution in [1.29, 1.82) is 0 Å². The molecule has 0 amide bonds. The van der Waals surface area contributed by atoms with Crippen LogP contribution in [0.5, 0.6) is 0 Å². The molecule has 2 aromatic rings. The van der Waals surface area contributed by atoms with Crippen molar-refractivity contribution >= 4 is 35.0 Å². The second kappa shape index (κ2) is 7.30. The fourth-order valence-electron chi connectivity index (χ4n) is 1.81. The van der Waals surface area contributed by atoms with Crippen molar-refractivity contribution < 1.29 is 0 Å². The lowest BCUT2D eigenvalue weighted by atomic mass is 10.1. The highest BCUT2D eigenvalue weighted by Gasteiger charge is 2.07. The van der Waals surface area contributed by atoms with Crippen molar-refractivity contribution in [1.82, 2.24) is 9.97 Å². The van der Waals surface area contributed by atoms with Gasteiger partial charge in [-0.25, -0.2) is 9.97 Å². The van der Waals surface area contributed by atoms with Crippen LogP contribution >= 0.6 is 35.0 Å². The van der Waals surface area contributed by atoms with E-state index in [1.165, 1.54) is 0 Å². The quantitative estimate of drug-likeness (QED) is 0.552. The summed E-state index contributed by atoms with van der Waals surface area (Å²) in [6.45, 7) is 4.32. The summed E-state index contributed by atoms with van der Waals surface area (Å²) >= 11 is 13.8. The Balaban J connectivity index is 2.09. The average molecular weight is 327 g/mol. The molecule has 0 saturated carbocycles. The van der Waals surface area contributed by atoms with E-state index in [1.54, 1.807) is 11.8 Å². The standard InChI is InChI=1S/C15H16Cl2N2S/c1-10(2)7-11-8-14(17)19-15(18-11)9-20-13-6-4-3-5-12(13)16/h3-6,8,10H,7,9H2,1-2H3. The first-order valence-corrected chi connectivity index (χ1v) is 8.18. The van der Waals surface area contributed by atoms with Crippen LogP contribution in [0, 0.1) is 5.92 Å². The molecular weight excluding hydrogens is 311 g/mol. The molecule has 0 aliphatic carbocycles. The van der Waals surface area contributed by atoms with Gasteiger partial charge in [-0.3, -0.25) is 0 Å². The number of thioether (sulfide) groups is 1. The van der Waals surface area contributed by atoms with E-state index in [-0.39, 0.29) is 0 Å². The Kier molecular flexibility index (Phi) is 5.70. The Morgan fingerprint density at radius 2 is 1.90 bits per heavy atom. The first-order chi connectivity index (χ1) is 9.54. The summed E-state index contributed by atoms with van der Waals surface area (Å²) in [4.78, 5) is 9.87. The van der Waals surface area contributed by atoms with Gasteiger partial charge < -0.3 is 0 Å². The van der Waals surface area contributed by atoms with E-state index >= 15 is 0 Å². The molecule has 0 N–H and O–H groups in total. The number of halogens is 2. The highest BCUT2D eigenvalue weighted by atomic mass is 35.5. The van der Waals surface area contributed by atoms with Gasteiger partial charge in [0.2, 0.25) is 0 Å². The van der Waals surface area contributed by atoms with Crippen LogP contribution in [0.1, 0.15) is 25.4 Å². The zero-order chi connectivity index (χ0) is 14.5. The van der Waals surface area contributed by atoms with Crippen molar-refractivity contribution in [3.63, 3.8) is 0 Å². The first-order valence-electron chi connectivity index (χ1n) is 6.44. The largest absolute Gasteiger partial charge is 0.237 e. The molecule has 0 saturated heterocycles. The number of nitrogens with zero attached hydrogens (tertiary/aromatic N) is 2. The SMILES string of the molecule is CC(C)Cc1cc(Cl)nc(CSc2ccccc2Cl)n1. The molecule has 0 radical (unpaired) electrons. The zero-order valence-electron chi connectivity index (χ0n) is 11.4. The average Bonchev–Trinajstić information content (AvgIpc) is 2.36. The van der Waals surface area contributed by atoms with Gasteiger partial charge in [0.1, 0.15) is 11.0 Å². The van der Waals surface area contributed by atoms with Crippen LogP contribution < -0.4 is 0 Å². The predicted molar refractivity (Wildman–Crippen MR) is 86.6 cm³/mol. The molecule has 0 unspecified atom stereocenters. The van der Waals surface area contributed by atoms with Crippen LogP contribution in [-0.4, -0.2) is 9.97 Å². The number of hydrogen-bond donors (Lipinski definition) is 0. The smallest absolute Gasteiger partial charge is 0.140 e. The third-order valence-electron chi connectivity index (χ3n) is 2.61. The normalized spacial score (nSPS) is 11.1. The summed E-state index contributed by atoms with van der Waals surface area (Å²) in [5, 5.41) is 1.26. The second-order valence-corrected chi connectivity index (χ2v) is 6.73. The maximum Gasteiger partial charge on any atom is 0.140 e. The Morgan fingerprint density at radius 3 is 2.60 bits per heavy atom. The summed E-state index contributed by atoms with van der Waals surface area (Å²) in [6.07, 6.45) is 0.909. The van der Waals surface area contributed by atoms with Gasteiger partial charge in [-0.05, 0) is 30.5 Å². The van der Waals surface area contributed by atoms with Crippen molar-refractivity contribution in [2.24, 2.45) is 5.92 Å².